The lowest BCUT2D eigenvalue weighted by Gasteiger charge is -2.34. The van der Waals surface area contributed by atoms with Crippen LogP contribution < -0.4 is 10.6 Å². The Hall–Kier alpha value is -3.26. The summed E-state index contributed by atoms with van der Waals surface area (Å²) in [7, 11) is 0. The lowest BCUT2D eigenvalue weighted by Crippen LogP contribution is -2.54. The van der Waals surface area contributed by atoms with Crippen LogP contribution in [0.25, 0.3) is 0 Å². The van der Waals surface area contributed by atoms with Gasteiger partial charge in [0.1, 0.15) is 17.1 Å². The zero-order valence-electron chi connectivity index (χ0n) is 18.6. The van der Waals surface area contributed by atoms with Crippen molar-refractivity contribution in [2.24, 2.45) is 11.8 Å². The summed E-state index contributed by atoms with van der Waals surface area (Å²) in [5, 5.41) is 15.8. The van der Waals surface area contributed by atoms with Crippen LogP contribution in [0.3, 0.4) is 0 Å². The van der Waals surface area contributed by atoms with Crippen molar-refractivity contribution in [1.82, 2.24) is 10.2 Å². The highest BCUT2D eigenvalue weighted by molar-refractivity contribution is 6.15. The number of rotatable bonds is 3. The number of fused-ring (bicyclic) bond motifs is 4. The molecule has 4 atom stereocenters. The van der Waals surface area contributed by atoms with Crippen LogP contribution in [-0.4, -0.2) is 39.8 Å². The Kier molecular flexibility index (Phi) is 4.78. The fraction of sp³-hybridized carbons (Fsp3) is 0.423. The number of imide groups is 1. The van der Waals surface area contributed by atoms with Gasteiger partial charge in [0.15, 0.2) is 0 Å². The number of phenolic OH excluding ortho intramolecular Hbond substituents is 1. The monoisotopic (exact) mass is 463 g/mol. The van der Waals surface area contributed by atoms with Gasteiger partial charge in [-0.1, -0.05) is 31.4 Å². The molecule has 7 nitrogen and oxygen atoms in total. The second-order valence-corrected chi connectivity index (χ2v) is 9.92. The van der Waals surface area contributed by atoms with Crippen LogP contribution in [0, 0.1) is 17.7 Å². The number of anilines is 1. The predicted molar refractivity (Wildman–Crippen MR) is 121 cm³/mol. The standard InChI is InChI=1S/C26H26FN3O4/c27-15-8-11-19-18(13-15)26(25(34)28-19)22-21(20(29-26)12-14-6-9-17(31)10-7-14)23(32)30(24(22)33)16-4-2-1-3-5-16/h6-11,13,16,20-22,29,31H,1-5,12H2,(H,28,34)/t20-,21-,22+,26+/m1/s1. The summed E-state index contributed by atoms with van der Waals surface area (Å²) in [6.45, 7) is 0. The van der Waals surface area contributed by atoms with Crippen LogP contribution >= 0.6 is 0 Å². The largest absolute Gasteiger partial charge is 0.508 e. The summed E-state index contributed by atoms with van der Waals surface area (Å²) in [6, 6.07) is 10.1. The smallest absolute Gasteiger partial charge is 0.250 e. The van der Waals surface area contributed by atoms with Crippen molar-refractivity contribution < 1.29 is 23.9 Å². The zero-order chi connectivity index (χ0) is 23.6. The van der Waals surface area contributed by atoms with Gasteiger partial charge in [-0.3, -0.25) is 24.6 Å². The summed E-state index contributed by atoms with van der Waals surface area (Å²) in [5.41, 5.74) is 0.201. The molecule has 2 aromatic carbocycles. The number of nitrogens with zero attached hydrogens (tertiary/aromatic N) is 1. The van der Waals surface area contributed by atoms with Crippen molar-refractivity contribution in [2.75, 3.05) is 5.32 Å². The first-order valence-electron chi connectivity index (χ1n) is 11.9. The summed E-state index contributed by atoms with van der Waals surface area (Å²) in [6.07, 6.45) is 4.95. The number of nitrogens with one attached hydrogen (secondary N) is 2. The first-order chi connectivity index (χ1) is 16.4. The Morgan fingerprint density at radius 2 is 1.74 bits per heavy atom. The summed E-state index contributed by atoms with van der Waals surface area (Å²) in [4.78, 5) is 42.6. The Morgan fingerprint density at radius 3 is 2.47 bits per heavy atom. The molecule has 4 aliphatic rings. The third-order valence-corrected chi connectivity index (χ3v) is 8.04. The maximum atomic E-state index is 14.3. The van der Waals surface area contributed by atoms with E-state index in [0.717, 1.165) is 37.7 Å². The molecule has 2 saturated heterocycles. The highest BCUT2D eigenvalue weighted by Gasteiger charge is 2.70. The zero-order valence-corrected chi connectivity index (χ0v) is 18.6. The molecule has 3 amide bonds. The Balaban J connectivity index is 1.46. The van der Waals surface area contributed by atoms with E-state index in [2.05, 4.69) is 10.6 Å². The first kappa shape index (κ1) is 21.3. The molecular weight excluding hydrogens is 437 g/mol. The number of hydrogen-bond acceptors (Lipinski definition) is 5. The lowest BCUT2D eigenvalue weighted by atomic mass is 9.76. The molecule has 6 rings (SSSR count). The molecule has 34 heavy (non-hydrogen) atoms. The third-order valence-electron chi connectivity index (χ3n) is 8.04. The second kappa shape index (κ2) is 7.63. The van der Waals surface area contributed by atoms with Crippen LogP contribution in [0.4, 0.5) is 10.1 Å². The van der Waals surface area contributed by atoms with E-state index in [-0.39, 0.29) is 23.6 Å². The maximum Gasteiger partial charge on any atom is 0.250 e. The molecule has 1 saturated carbocycles. The molecule has 1 aliphatic carbocycles. The molecule has 3 aliphatic heterocycles. The predicted octanol–water partition coefficient (Wildman–Crippen LogP) is 2.83. The highest BCUT2D eigenvalue weighted by atomic mass is 19.1. The van der Waals surface area contributed by atoms with E-state index >= 15 is 0 Å². The fourth-order valence-corrected chi connectivity index (χ4v) is 6.56. The van der Waals surface area contributed by atoms with Gasteiger partial charge in [-0.2, -0.15) is 0 Å². The molecule has 0 unspecified atom stereocenters. The Morgan fingerprint density at radius 1 is 1.00 bits per heavy atom. The molecule has 0 bridgehead atoms. The number of phenols is 1. The summed E-state index contributed by atoms with van der Waals surface area (Å²) in [5.74, 6) is -3.05. The normalized spacial score (nSPS) is 30.7. The molecule has 1 spiro atoms. The van der Waals surface area contributed by atoms with Crippen LogP contribution in [0.5, 0.6) is 5.75 Å². The van der Waals surface area contributed by atoms with Crippen molar-refractivity contribution in [3.8, 4) is 5.75 Å². The fourth-order valence-electron chi connectivity index (χ4n) is 6.56. The van der Waals surface area contributed by atoms with E-state index in [1.165, 1.54) is 23.1 Å². The molecule has 3 N–H and O–H groups in total. The average Bonchev–Trinajstić information content (AvgIpc) is 3.40. The minimum Gasteiger partial charge on any atom is -0.508 e. The molecule has 3 fully saturated rings. The summed E-state index contributed by atoms with van der Waals surface area (Å²) >= 11 is 0. The van der Waals surface area contributed by atoms with Crippen molar-refractivity contribution >= 4 is 23.4 Å². The molecule has 0 radical (unpaired) electrons. The van der Waals surface area contributed by atoms with Crippen LogP contribution in [0.2, 0.25) is 0 Å². The number of carbonyl (C=O) groups is 3. The van der Waals surface area contributed by atoms with Gasteiger partial charge in [-0.05, 0) is 55.2 Å². The van der Waals surface area contributed by atoms with Gasteiger partial charge < -0.3 is 10.4 Å². The average molecular weight is 464 g/mol. The van der Waals surface area contributed by atoms with Crippen molar-refractivity contribution in [3.63, 3.8) is 0 Å². The molecule has 2 aromatic rings. The van der Waals surface area contributed by atoms with Crippen LogP contribution in [0.15, 0.2) is 42.5 Å². The summed E-state index contributed by atoms with van der Waals surface area (Å²) < 4.78 is 14.3. The molecule has 8 heteroatoms. The Labute approximate surface area is 196 Å². The number of likely N-dealkylation sites (tertiary alicyclic amines) is 1. The molecule has 0 aromatic heterocycles. The van der Waals surface area contributed by atoms with Gasteiger partial charge in [0.05, 0.1) is 11.8 Å². The lowest BCUT2D eigenvalue weighted by molar-refractivity contribution is -0.146. The van der Waals surface area contributed by atoms with Crippen molar-refractivity contribution in [3.05, 3.63) is 59.4 Å². The van der Waals surface area contributed by atoms with Crippen LogP contribution in [0.1, 0.15) is 43.2 Å². The number of benzene rings is 2. The first-order valence-corrected chi connectivity index (χ1v) is 11.9. The van der Waals surface area contributed by atoms with E-state index in [0.29, 0.717) is 17.7 Å². The minimum absolute atomic E-state index is 0.132. The Bertz CT molecular complexity index is 1190. The van der Waals surface area contributed by atoms with Gasteiger partial charge in [0, 0.05) is 23.3 Å². The maximum absolute atomic E-state index is 14.3. The van der Waals surface area contributed by atoms with Crippen molar-refractivity contribution in [2.45, 2.75) is 56.1 Å². The van der Waals surface area contributed by atoms with Gasteiger partial charge in [0.2, 0.25) is 17.7 Å². The number of halogens is 1. The molecular formula is C26H26FN3O4. The number of aromatic hydroxyl groups is 1. The highest BCUT2D eigenvalue weighted by Crippen LogP contribution is 2.54. The number of amides is 3. The number of carbonyl (C=O) groups excluding carboxylic acids is 3. The van der Waals surface area contributed by atoms with E-state index in [1.807, 2.05) is 0 Å². The van der Waals surface area contributed by atoms with Gasteiger partial charge in [-0.25, -0.2) is 4.39 Å². The second-order valence-electron chi connectivity index (χ2n) is 9.92. The van der Waals surface area contributed by atoms with Crippen LogP contribution in [-0.2, 0) is 26.3 Å². The quantitative estimate of drug-likeness (QED) is 0.608. The van der Waals surface area contributed by atoms with E-state index < -0.39 is 35.1 Å². The topological polar surface area (TPSA) is 98.7 Å². The van der Waals surface area contributed by atoms with Crippen molar-refractivity contribution in [1.29, 1.82) is 0 Å². The van der Waals surface area contributed by atoms with E-state index in [9.17, 15) is 23.9 Å². The third kappa shape index (κ3) is 2.94. The van der Waals surface area contributed by atoms with Gasteiger partial charge >= 0.3 is 0 Å². The van der Waals surface area contributed by atoms with Gasteiger partial charge in [-0.15, -0.1) is 0 Å². The molecule has 3 heterocycles. The SMILES string of the molecule is O=C1[C@H]2[C@@H](C(=O)N1C1CCCCC1)[C@]1(N[C@@H]2Cc2ccc(O)cc2)C(=O)Nc2ccc(F)cc21. The van der Waals surface area contributed by atoms with Gasteiger partial charge in [0.25, 0.3) is 0 Å². The van der Waals surface area contributed by atoms with E-state index in [4.69, 9.17) is 0 Å². The molecule has 176 valence electrons. The minimum atomic E-state index is -1.50. The van der Waals surface area contributed by atoms with E-state index in [1.54, 1.807) is 24.3 Å². The number of hydrogen-bond donors (Lipinski definition) is 3.